The van der Waals surface area contributed by atoms with Gasteiger partial charge >= 0.3 is 0 Å². The molecule has 0 spiro atoms. The molecule has 1 heterocycles. The van der Waals surface area contributed by atoms with E-state index in [0.29, 0.717) is 0 Å². The van der Waals surface area contributed by atoms with Gasteiger partial charge in [-0.15, -0.1) is 11.3 Å². The van der Waals surface area contributed by atoms with Crippen molar-refractivity contribution in [3.05, 3.63) is 16.6 Å². The largest absolute Gasteiger partial charge is 0.311 e. The summed E-state index contributed by atoms with van der Waals surface area (Å²) < 4.78 is 0. The van der Waals surface area contributed by atoms with Gasteiger partial charge in [-0.1, -0.05) is 19.8 Å². The van der Waals surface area contributed by atoms with E-state index >= 15 is 0 Å². The minimum Gasteiger partial charge on any atom is -0.311 e. The maximum Gasteiger partial charge on any atom is 0.0795 e. The Bertz CT molecular complexity index is 184. The van der Waals surface area contributed by atoms with Gasteiger partial charge in [0.1, 0.15) is 0 Å². The first-order valence-corrected chi connectivity index (χ1v) is 5.45. The Kier molecular flexibility index (Phi) is 4.95. The second-order valence-electron chi connectivity index (χ2n) is 2.86. The van der Waals surface area contributed by atoms with Gasteiger partial charge in [0.15, 0.2) is 0 Å². The van der Waals surface area contributed by atoms with Crippen molar-refractivity contribution in [1.29, 1.82) is 0 Å². The van der Waals surface area contributed by atoms with Crippen molar-refractivity contribution in [2.24, 2.45) is 0 Å². The maximum absolute atomic E-state index is 4.19. The van der Waals surface area contributed by atoms with E-state index < -0.39 is 0 Å². The van der Waals surface area contributed by atoms with E-state index in [9.17, 15) is 0 Å². The van der Waals surface area contributed by atoms with E-state index in [2.05, 4.69) is 22.6 Å². The number of aromatic nitrogens is 1. The van der Waals surface area contributed by atoms with Crippen LogP contribution in [-0.4, -0.2) is 11.5 Å². The van der Waals surface area contributed by atoms with E-state index in [-0.39, 0.29) is 0 Å². The molecule has 2 nitrogen and oxygen atoms in total. The molecule has 0 fully saturated rings. The second kappa shape index (κ2) is 6.14. The Morgan fingerprint density at radius 2 is 2.42 bits per heavy atom. The summed E-state index contributed by atoms with van der Waals surface area (Å²) in [5.74, 6) is 0. The normalized spacial score (nSPS) is 10.4. The van der Waals surface area contributed by atoms with Gasteiger partial charge in [-0.05, 0) is 13.0 Å². The van der Waals surface area contributed by atoms with Gasteiger partial charge in [0.05, 0.1) is 11.2 Å². The van der Waals surface area contributed by atoms with Crippen LogP contribution in [0.15, 0.2) is 10.9 Å². The van der Waals surface area contributed by atoms with Crippen LogP contribution in [0.1, 0.15) is 31.9 Å². The van der Waals surface area contributed by atoms with Gasteiger partial charge in [-0.3, -0.25) is 0 Å². The fourth-order valence-corrected chi connectivity index (χ4v) is 1.60. The summed E-state index contributed by atoms with van der Waals surface area (Å²) in [5.41, 5.74) is 3.04. The molecule has 0 amide bonds. The van der Waals surface area contributed by atoms with Gasteiger partial charge in [0.25, 0.3) is 0 Å². The van der Waals surface area contributed by atoms with E-state index in [1.54, 1.807) is 11.3 Å². The smallest absolute Gasteiger partial charge is 0.0795 e. The van der Waals surface area contributed by atoms with Crippen LogP contribution in [0.25, 0.3) is 0 Å². The Labute approximate surface area is 78.0 Å². The fourth-order valence-electron chi connectivity index (χ4n) is 1.04. The van der Waals surface area contributed by atoms with Crippen LogP contribution < -0.4 is 5.32 Å². The topological polar surface area (TPSA) is 24.9 Å². The second-order valence-corrected chi connectivity index (χ2v) is 3.58. The molecule has 1 aromatic rings. The lowest BCUT2D eigenvalue weighted by atomic mass is 10.2. The Morgan fingerprint density at radius 3 is 3.08 bits per heavy atom. The van der Waals surface area contributed by atoms with E-state index in [4.69, 9.17) is 0 Å². The summed E-state index contributed by atoms with van der Waals surface area (Å²) in [4.78, 5) is 4.19. The molecule has 1 rings (SSSR count). The number of nitrogens with one attached hydrogen (secondary N) is 1. The molecular weight excluding hydrogens is 168 g/mol. The minimum atomic E-state index is 0.924. The Hall–Kier alpha value is -0.410. The van der Waals surface area contributed by atoms with Crippen LogP contribution in [0.5, 0.6) is 0 Å². The van der Waals surface area contributed by atoms with Crippen LogP contribution in [0.2, 0.25) is 0 Å². The summed E-state index contributed by atoms with van der Waals surface area (Å²) in [5, 5.41) is 5.46. The highest BCUT2D eigenvalue weighted by atomic mass is 32.1. The zero-order valence-corrected chi connectivity index (χ0v) is 8.36. The summed E-state index contributed by atoms with van der Waals surface area (Å²) >= 11 is 1.66. The van der Waals surface area contributed by atoms with Crippen molar-refractivity contribution in [1.82, 2.24) is 10.3 Å². The first-order chi connectivity index (χ1) is 5.93. The van der Waals surface area contributed by atoms with Crippen molar-refractivity contribution in [2.75, 3.05) is 6.54 Å². The molecule has 1 N–H and O–H groups in total. The van der Waals surface area contributed by atoms with Gasteiger partial charge in [-0.2, -0.15) is 0 Å². The van der Waals surface area contributed by atoms with Gasteiger partial charge in [0.2, 0.25) is 0 Å². The van der Waals surface area contributed by atoms with Crippen molar-refractivity contribution in [3.8, 4) is 0 Å². The maximum atomic E-state index is 4.19. The standard InChI is InChI=1S/C9H16N2S/c1-2-3-4-5-10-6-9-7-12-8-11-9/h7-8,10H,2-6H2,1H3. The van der Waals surface area contributed by atoms with Crippen LogP contribution in [0, 0.1) is 0 Å². The molecule has 3 heteroatoms. The minimum absolute atomic E-state index is 0.924. The molecule has 0 atom stereocenters. The lowest BCUT2D eigenvalue weighted by molar-refractivity contribution is 0.612. The number of thiazole rings is 1. The fraction of sp³-hybridized carbons (Fsp3) is 0.667. The third-order valence-corrected chi connectivity index (χ3v) is 2.38. The average molecular weight is 184 g/mol. The quantitative estimate of drug-likeness (QED) is 0.687. The monoisotopic (exact) mass is 184 g/mol. The predicted octanol–water partition coefficient (Wildman–Crippen LogP) is 2.42. The van der Waals surface area contributed by atoms with Crippen LogP contribution in [0.3, 0.4) is 0 Å². The summed E-state index contributed by atoms with van der Waals surface area (Å²) in [6, 6.07) is 0. The molecular formula is C9H16N2S. The molecule has 0 aromatic carbocycles. The van der Waals surface area contributed by atoms with Gasteiger partial charge in [-0.25, -0.2) is 4.98 Å². The zero-order chi connectivity index (χ0) is 8.65. The predicted molar refractivity (Wildman–Crippen MR) is 53.3 cm³/mol. The molecule has 0 aliphatic heterocycles. The van der Waals surface area contributed by atoms with Crippen molar-refractivity contribution in [2.45, 2.75) is 32.7 Å². The van der Waals surface area contributed by atoms with E-state index in [1.807, 2.05) is 5.51 Å². The van der Waals surface area contributed by atoms with Crippen molar-refractivity contribution >= 4 is 11.3 Å². The first kappa shape index (κ1) is 9.68. The highest BCUT2D eigenvalue weighted by Crippen LogP contribution is 2.00. The Morgan fingerprint density at radius 1 is 1.50 bits per heavy atom. The summed E-state index contributed by atoms with van der Waals surface area (Å²) in [6.45, 7) is 4.26. The van der Waals surface area contributed by atoms with Crippen LogP contribution in [-0.2, 0) is 6.54 Å². The summed E-state index contributed by atoms with van der Waals surface area (Å²) in [6.07, 6.45) is 3.89. The molecule has 0 unspecified atom stereocenters. The molecule has 0 aliphatic carbocycles. The van der Waals surface area contributed by atoms with Gasteiger partial charge in [0, 0.05) is 11.9 Å². The van der Waals surface area contributed by atoms with E-state index in [0.717, 1.165) is 18.8 Å². The molecule has 0 bridgehead atoms. The highest BCUT2D eigenvalue weighted by molar-refractivity contribution is 7.07. The number of rotatable bonds is 6. The van der Waals surface area contributed by atoms with Gasteiger partial charge < -0.3 is 5.32 Å². The van der Waals surface area contributed by atoms with Crippen molar-refractivity contribution in [3.63, 3.8) is 0 Å². The van der Waals surface area contributed by atoms with E-state index in [1.165, 1.54) is 19.3 Å². The number of nitrogens with zero attached hydrogens (tertiary/aromatic N) is 1. The zero-order valence-electron chi connectivity index (χ0n) is 7.55. The van der Waals surface area contributed by atoms with Crippen LogP contribution in [0.4, 0.5) is 0 Å². The molecule has 12 heavy (non-hydrogen) atoms. The SMILES string of the molecule is CCCCCNCc1cscn1. The Balaban J connectivity index is 1.96. The molecule has 0 aliphatic rings. The van der Waals surface area contributed by atoms with Crippen LogP contribution >= 0.6 is 11.3 Å². The third-order valence-electron chi connectivity index (χ3n) is 1.75. The molecule has 1 aromatic heterocycles. The lowest BCUT2D eigenvalue weighted by Gasteiger charge is -2.00. The molecule has 0 radical (unpaired) electrons. The molecule has 0 saturated carbocycles. The first-order valence-electron chi connectivity index (χ1n) is 4.51. The molecule has 68 valence electrons. The van der Waals surface area contributed by atoms with Crippen molar-refractivity contribution < 1.29 is 0 Å². The molecule has 0 saturated heterocycles. The summed E-state index contributed by atoms with van der Waals surface area (Å²) in [7, 11) is 0. The number of hydrogen-bond donors (Lipinski definition) is 1. The lowest BCUT2D eigenvalue weighted by Crippen LogP contribution is -2.14. The average Bonchev–Trinajstić information content (AvgIpc) is 2.57. The third kappa shape index (κ3) is 3.83. The number of hydrogen-bond acceptors (Lipinski definition) is 3. The highest BCUT2D eigenvalue weighted by Gasteiger charge is 1.92. The number of unbranched alkanes of at least 4 members (excludes halogenated alkanes) is 2.